The Morgan fingerprint density at radius 1 is 0.880 bits per heavy atom. The van der Waals surface area contributed by atoms with Crippen LogP contribution in [-0.4, -0.2) is 86.3 Å². The van der Waals surface area contributed by atoms with Gasteiger partial charge in [0.1, 0.15) is 0 Å². The third-order valence-electron chi connectivity index (χ3n) is 8.41. The lowest BCUT2D eigenvalue weighted by atomic mass is 9.69. The van der Waals surface area contributed by atoms with E-state index in [1.54, 1.807) is 0 Å². The number of nitrogens with zero attached hydrogens (tertiary/aromatic N) is 2. The van der Waals surface area contributed by atoms with Crippen LogP contribution >= 0.6 is 0 Å². The average Bonchev–Trinajstić information content (AvgIpc) is 3.21. The number of rotatable bonds is 2. The van der Waals surface area contributed by atoms with Gasteiger partial charge >= 0.3 is 0 Å². The summed E-state index contributed by atoms with van der Waals surface area (Å²) >= 11 is 0. The molecule has 5 aliphatic heterocycles. The number of likely N-dealkylation sites (tertiary alicyclic amines) is 2. The van der Waals surface area contributed by atoms with Gasteiger partial charge in [0, 0.05) is 43.3 Å². The fraction of sp³-hybridized carbons (Fsp3) is 1.00. The highest BCUT2D eigenvalue weighted by Crippen LogP contribution is 2.45. The fourth-order valence-electron chi connectivity index (χ4n) is 6.60. The Morgan fingerprint density at radius 2 is 1.80 bits per heavy atom. The van der Waals surface area contributed by atoms with Gasteiger partial charge in [-0.05, 0) is 83.6 Å². The monoisotopic (exact) mass is 347 g/mol. The van der Waals surface area contributed by atoms with E-state index in [1.165, 1.54) is 90.8 Å². The Kier molecular flexibility index (Phi) is 4.37. The van der Waals surface area contributed by atoms with Gasteiger partial charge in [-0.15, -0.1) is 0 Å². The average molecular weight is 348 g/mol. The molecule has 0 amide bonds. The van der Waals surface area contributed by atoms with Crippen LogP contribution in [0.1, 0.15) is 44.9 Å². The summed E-state index contributed by atoms with van der Waals surface area (Å²) < 4.78 is 0. The zero-order chi connectivity index (χ0) is 16.9. The first-order valence-electron chi connectivity index (χ1n) is 10.8. The molecular weight excluding hydrogens is 310 g/mol. The van der Waals surface area contributed by atoms with Crippen LogP contribution in [0.2, 0.25) is 0 Å². The third kappa shape index (κ3) is 2.96. The molecule has 0 aromatic rings. The van der Waals surface area contributed by atoms with E-state index in [0.29, 0.717) is 11.0 Å². The Balaban J connectivity index is 1.39. The van der Waals surface area contributed by atoms with Gasteiger partial charge in [-0.2, -0.15) is 0 Å². The van der Waals surface area contributed by atoms with E-state index in [2.05, 4.69) is 32.8 Å². The number of hydrogen-bond donors (Lipinski definition) is 3. The summed E-state index contributed by atoms with van der Waals surface area (Å²) in [6.07, 6.45) is 9.74. The molecule has 5 fully saturated rings. The topological polar surface area (TPSA) is 42.6 Å². The van der Waals surface area contributed by atoms with Crippen LogP contribution in [0.4, 0.5) is 0 Å². The molecule has 2 spiro atoms. The molecule has 25 heavy (non-hydrogen) atoms. The highest BCUT2D eigenvalue weighted by Gasteiger charge is 2.50. The lowest BCUT2D eigenvalue weighted by molar-refractivity contribution is -0.0474. The molecule has 0 saturated carbocycles. The summed E-state index contributed by atoms with van der Waals surface area (Å²) in [4.78, 5) is 5.64. The van der Waals surface area contributed by atoms with Crippen LogP contribution in [0.25, 0.3) is 0 Å². The van der Waals surface area contributed by atoms with Crippen LogP contribution in [0.5, 0.6) is 0 Å². The van der Waals surface area contributed by atoms with Crippen LogP contribution in [0.15, 0.2) is 0 Å². The van der Waals surface area contributed by atoms with Crippen LogP contribution in [-0.2, 0) is 0 Å². The van der Waals surface area contributed by atoms with Crippen LogP contribution in [0, 0.1) is 5.41 Å². The first kappa shape index (κ1) is 16.9. The molecule has 142 valence electrons. The van der Waals surface area contributed by atoms with E-state index in [4.69, 9.17) is 0 Å². The summed E-state index contributed by atoms with van der Waals surface area (Å²) in [5.41, 5.74) is 1.05. The van der Waals surface area contributed by atoms with Crippen molar-refractivity contribution in [3.05, 3.63) is 0 Å². The van der Waals surface area contributed by atoms with Gasteiger partial charge in [0.2, 0.25) is 0 Å². The van der Waals surface area contributed by atoms with Crippen molar-refractivity contribution in [1.82, 2.24) is 25.8 Å². The highest BCUT2D eigenvalue weighted by atomic mass is 15.3. The molecule has 5 saturated heterocycles. The second kappa shape index (κ2) is 6.45. The van der Waals surface area contributed by atoms with E-state index in [-0.39, 0.29) is 0 Å². The smallest absolute Gasteiger partial charge is 0.0348 e. The van der Waals surface area contributed by atoms with Crippen molar-refractivity contribution in [2.45, 2.75) is 68.6 Å². The van der Waals surface area contributed by atoms with Crippen molar-refractivity contribution in [1.29, 1.82) is 0 Å². The van der Waals surface area contributed by atoms with Crippen molar-refractivity contribution in [2.75, 3.05) is 52.9 Å². The molecule has 4 unspecified atom stereocenters. The normalized spacial score (nSPS) is 46.9. The standard InChI is InChI=1S/C20H37N5/c1-24-9-6-20(3-2-7-23-20)12-17(24)18-11-19(4-8-21-15-19)5-10-25(18)16-13-22-14-16/h16-18,21-23H,2-15H2,1H3. The van der Waals surface area contributed by atoms with Gasteiger partial charge < -0.3 is 20.9 Å². The maximum Gasteiger partial charge on any atom is 0.0348 e. The van der Waals surface area contributed by atoms with Gasteiger partial charge in [0.25, 0.3) is 0 Å². The van der Waals surface area contributed by atoms with E-state index in [9.17, 15) is 0 Å². The van der Waals surface area contributed by atoms with Gasteiger partial charge in [-0.1, -0.05) is 0 Å². The van der Waals surface area contributed by atoms with Crippen molar-refractivity contribution < 1.29 is 0 Å². The van der Waals surface area contributed by atoms with Crippen molar-refractivity contribution in [2.24, 2.45) is 5.41 Å². The fourth-order valence-corrected chi connectivity index (χ4v) is 6.60. The quantitative estimate of drug-likeness (QED) is 0.683. The maximum absolute atomic E-state index is 3.92. The second-order valence-electron chi connectivity index (χ2n) is 9.81. The predicted octanol–water partition coefficient (Wildman–Crippen LogP) is 0.619. The van der Waals surface area contributed by atoms with E-state index in [0.717, 1.165) is 18.1 Å². The minimum atomic E-state index is 0.458. The van der Waals surface area contributed by atoms with Crippen LogP contribution in [0.3, 0.4) is 0 Å². The Labute approximate surface area is 153 Å². The molecule has 5 aliphatic rings. The number of nitrogens with one attached hydrogen (secondary N) is 3. The van der Waals surface area contributed by atoms with Gasteiger partial charge in [-0.3, -0.25) is 4.90 Å². The first-order valence-corrected chi connectivity index (χ1v) is 10.8. The number of hydrogen-bond acceptors (Lipinski definition) is 5. The molecule has 5 nitrogen and oxygen atoms in total. The highest BCUT2D eigenvalue weighted by molar-refractivity contribution is 5.08. The lowest BCUT2D eigenvalue weighted by Crippen LogP contribution is -2.68. The zero-order valence-electron chi connectivity index (χ0n) is 16.0. The molecular formula is C20H37N5. The largest absolute Gasteiger partial charge is 0.316 e. The first-order chi connectivity index (χ1) is 12.2. The lowest BCUT2D eigenvalue weighted by Gasteiger charge is -2.56. The molecule has 4 atom stereocenters. The van der Waals surface area contributed by atoms with Gasteiger partial charge in [0.05, 0.1) is 0 Å². The third-order valence-corrected chi connectivity index (χ3v) is 8.41. The van der Waals surface area contributed by atoms with Crippen molar-refractivity contribution in [3.8, 4) is 0 Å². The second-order valence-corrected chi connectivity index (χ2v) is 9.81. The van der Waals surface area contributed by atoms with Crippen LogP contribution < -0.4 is 16.0 Å². The molecule has 0 bridgehead atoms. The Bertz CT molecular complexity index is 478. The molecule has 5 heterocycles. The van der Waals surface area contributed by atoms with E-state index >= 15 is 0 Å². The van der Waals surface area contributed by atoms with E-state index in [1.807, 2.05) is 0 Å². The molecule has 3 N–H and O–H groups in total. The summed E-state index contributed by atoms with van der Waals surface area (Å²) in [6.45, 7) is 8.76. The molecule has 0 aromatic heterocycles. The molecule has 5 rings (SSSR count). The molecule has 0 aliphatic carbocycles. The number of likely N-dealkylation sites (N-methyl/N-ethyl adjacent to an activating group) is 1. The molecule has 0 radical (unpaired) electrons. The molecule has 0 aromatic carbocycles. The summed E-state index contributed by atoms with van der Waals surface area (Å²) in [6, 6.07) is 2.28. The summed E-state index contributed by atoms with van der Waals surface area (Å²) in [5, 5.41) is 11.1. The molecule has 5 heteroatoms. The van der Waals surface area contributed by atoms with E-state index < -0.39 is 0 Å². The zero-order valence-corrected chi connectivity index (χ0v) is 16.0. The maximum atomic E-state index is 3.92. The Morgan fingerprint density at radius 3 is 2.48 bits per heavy atom. The van der Waals surface area contributed by atoms with Crippen molar-refractivity contribution >= 4 is 0 Å². The summed E-state index contributed by atoms with van der Waals surface area (Å²) in [7, 11) is 2.40. The number of piperidine rings is 2. The SMILES string of the molecule is CN1CCC2(CCCN2)CC1C1CC2(CCNC2)CCN1C1CNC1. The summed E-state index contributed by atoms with van der Waals surface area (Å²) in [5.74, 6) is 0. The minimum absolute atomic E-state index is 0.458. The van der Waals surface area contributed by atoms with Gasteiger partial charge in [0.15, 0.2) is 0 Å². The van der Waals surface area contributed by atoms with Crippen molar-refractivity contribution in [3.63, 3.8) is 0 Å². The predicted molar refractivity (Wildman–Crippen MR) is 102 cm³/mol. The minimum Gasteiger partial charge on any atom is -0.316 e. The van der Waals surface area contributed by atoms with Gasteiger partial charge in [-0.25, -0.2) is 0 Å². The Hall–Kier alpha value is -0.200.